The summed E-state index contributed by atoms with van der Waals surface area (Å²) in [6, 6.07) is 3.86. The molecule has 0 bridgehead atoms. The highest BCUT2D eigenvalue weighted by atomic mass is 32.2. The molecule has 196 valence electrons. The molecule has 0 aliphatic carbocycles. The summed E-state index contributed by atoms with van der Waals surface area (Å²) in [7, 11) is -4.37. The number of rotatable bonds is 4. The fourth-order valence-corrected chi connectivity index (χ4v) is 4.94. The van der Waals surface area contributed by atoms with Crippen molar-refractivity contribution in [2.45, 2.75) is 57.7 Å². The Morgan fingerprint density at radius 1 is 1.19 bits per heavy atom. The Labute approximate surface area is 207 Å². The zero-order valence-corrected chi connectivity index (χ0v) is 21.2. The Hall–Kier alpha value is -3.34. The Balaban J connectivity index is 2.03. The van der Waals surface area contributed by atoms with E-state index in [1.54, 1.807) is 36.5 Å². The Bertz CT molecular complexity index is 1270. The van der Waals surface area contributed by atoms with Gasteiger partial charge in [-0.3, -0.25) is 0 Å². The summed E-state index contributed by atoms with van der Waals surface area (Å²) in [5.74, 6) is 0.145. The van der Waals surface area contributed by atoms with Gasteiger partial charge in [-0.25, -0.2) is 22.9 Å². The number of amides is 1. The van der Waals surface area contributed by atoms with E-state index in [9.17, 15) is 31.6 Å². The molecule has 10 nitrogen and oxygen atoms in total. The molecule has 3 rings (SSSR count). The Morgan fingerprint density at radius 2 is 1.81 bits per heavy atom. The van der Waals surface area contributed by atoms with Crippen LogP contribution in [0.15, 0.2) is 23.2 Å². The first-order valence-electron chi connectivity index (χ1n) is 11.1. The summed E-state index contributed by atoms with van der Waals surface area (Å²) in [6.07, 6.45) is -4.32. The molecule has 0 saturated carbocycles. The van der Waals surface area contributed by atoms with Gasteiger partial charge in [-0.05, 0) is 51.2 Å². The van der Waals surface area contributed by atoms with Crippen LogP contribution in [-0.2, 0) is 20.9 Å². The third-order valence-corrected chi connectivity index (χ3v) is 6.57. The average molecular weight is 529 g/mol. The molecule has 0 spiro atoms. The summed E-state index contributed by atoms with van der Waals surface area (Å²) in [6.45, 7) is 9.44. The monoisotopic (exact) mass is 528 g/mol. The lowest BCUT2D eigenvalue weighted by atomic mass is 9.91. The number of alkyl halides is 3. The number of halogens is 3. The van der Waals surface area contributed by atoms with Gasteiger partial charge in [0.1, 0.15) is 22.1 Å². The number of sulfonamides is 1. The molecule has 36 heavy (non-hydrogen) atoms. The summed E-state index contributed by atoms with van der Waals surface area (Å²) in [5.41, 5.74) is -2.92. The van der Waals surface area contributed by atoms with Crippen molar-refractivity contribution >= 4 is 21.9 Å². The van der Waals surface area contributed by atoms with E-state index in [0.29, 0.717) is 13.1 Å². The molecule has 3 heterocycles. The lowest BCUT2D eigenvalue weighted by Crippen LogP contribution is -2.40. The predicted molar refractivity (Wildman–Crippen MR) is 123 cm³/mol. The molecular weight excluding hydrogens is 501 g/mol. The second-order valence-corrected chi connectivity index (χ2v) is 11.6. The third kappa shape index (κ3) is 6.07. The quantitative estimate of drug-likeness (QED) is 0.633. The van der Waals surface area contributed by atoms with Crippen molar-refractivity contribution in [2.75, 3.05) is 18.0 Å². The molecule has 0 aromatic carbocycles. The standard InChI is InChI=1S/C22H27F3N6O4S/c1-13-8-14(2)12-30(11-13)19-16(9-26)18(22(23,24)25)28-31(19)17-7-6-15(10-27-17)36(33,34)29-20(32)35-21(3,4)5/h6-7,10,13-14H,8,11-12H2,1-5H3,(H,29,32)/t13-,14+. The maximum atomic E-state index is 13.7. The molecule has 1 amide bonds. The number of carbonyl (C=O) groups is 1. The molecule has 1 aliphatic heterocycles. The highest BCUT2D eigenvalue weighted by Crippen LogP contribution is 2.38. The maximum absolute atomic E-state index is 13.7. The number of hydrogen-bond donors (Lipinski definition) is 1. The van der Waals surface area contributed by atoms with Gasteiger partial charge in [0.05, 0.1) is 0 Å². The lowest BCUT2D eigenvalue weighted by molar-refractivity contribution is -0.141. The van der Waals surface area contributed by atoms with Crippen LogP contribution in [0.4, 0.5) is 23.8 Å². The normalized spacial score (nSPS) is 19.0. The number of nitrogens with zero attached hydrogens (tertiary/aromatic N) is 5. The van der Waals surface area contributed by atoms with Gasteiger partial charge in [0.2, 0.25) is 0 Å². The summed E-state index contributed by atoms with van der Waals surface area (Å²) < 4.78 is 73.8. The summed E-state index contributed by atoms with van der Waals surface area (Å²) >= 11 is 0. The number of carbonyl (C=O) groups excluding carboxylic acids is 1. The van der Waals surface area contributed by atoms with Gasteiger partial charge in [0.25, 0.3) is 10.0 Å². The lowest BCUT2D eigenvalue weighted by Gasteiger charge is -2.36. The van der Waals surface area contributed by atoms with E-state index in [1.807, 2.05) is 13.8 Å². The van der Waals surface area contributed by atoms with Crippen LogP contribution in [0.2, 0.25) is 0 Å². The van der Waals surface area contributed by atoms with E-state index in [1.165, 1.54) is 0 Å². The van der Waals surface area contributed by atoms with Crippen molar-refractivity contribution < 1.29 is 31.1 Å². The van der Waals surface area contributed by atoms with E-state index in [2.05, 4.69) is 10.1 Å². The zero-order valence-electron chi connectivity index (χ0n) is 20.4. The molecule has 1 N–H and O–H groups in total. The molecule has 2 atom stereocenters. The average Bonchev–Trinajstić information content (AvgIpc) is 3.11. The smallest absolute Gasteiger partial charge is 0.436 e. The van der Waals surface area contributed by atoms with Crippen molar-refractivity contribution in [3.63, 3.8) is 0 Å². The topological polar surface area (TPSA) is 130 Å². The minimum atomic E-state index is -4.89. The molecule has 1 aliphatic rings. The molecule has 0 unspecified atom stereocenters. The maximum Gasteiger partial charge on any atom is 0.436 e. The highest BCUT2D eigenvalue weighted by Gasteiger charge is 2.42. The van der Waals surface area contributed by atoms with Gasteiger partial charge in [-0.15, -0.1) is 0 Å². The molecule has 0 radical (unpaired) electrons. The minimum Gasteiger partial charge on any atom is -0.443 e. The van der Waals surface area contributed by atoms with Crippen molar-refractivity contribution in [2.24, 2.45) is 11.8 Å². The number of nitriles is 1. The van der Waals surface area contributed by atoms with Crippen LogP contribution < -0.4 is 9.62 Å². The fourth-order valence-electron chi connectivity index (χ4n) is 4.12. The van der Waals surface area contributed by atoms with Crippen molar-refractivity contribution in [1.82, 2.24) is 19.5 Å². The molecule has 1 saturated heterocycles. The predicted octanol–water partition coefficient (Wildman–Crippen LogP) is 3.85. The minimum absolute atomic E-state index is 0.0572. The van der Waals surface area contributed by atoms with Gasteiger partial charge in [-0.2, -0.15) is 28.2 Å². The molecule has 14 heteroatoms. The zero-order chi connectivity index (χ0) is 27.1. The largest absolute Gasteiger partial charge is 0.443 e. The van der Waals surface area contributed by atoms with Crippen LogP contribution in [0, 0.1) is 23.2 Å². The number of ether oxygens (including phenoxy) is 1. The molecule has 2 aromatic rings. The van der Waals surface area contributed by atoms with Crippen molar-refractivity contribution in [3.8, 4) is 11.9 Å². The first kappa shape index (κ1) is 27.3. The van der Waals surface area contributed by atoms with E-state index >= 15 is 0 Å². The number of hydrogen-bond acceptors (Lipinski definition) is 8. The van der Waals surface area contributed by atoms with E-state index in [-0.39, 0.29) is 23.5 Å². The summed E-state index contributed by atoms with van der Waals surface area (Å²) in [4.78, 5) is 17.1. The Kier molecular flexibility index (Phi) is 7.27. The van der Waals surface area contributed by atoms with Gasteiger partial charge in [0, 0.05) is 19.3 Å². The van der Waals surface area contributed by atoms with Crippen LogP contribution in [-0.4, -0.2) is 48.0 Å². The number of anilines is 1. The SMILES string of the molecule is C[C@@H]1C[C@H](C)CN(c2c(C#N)c(C(F)(F)F)nn2-c2ccc(S(=O)(=O)NC(=O)OC(C)(C)C)cn2)C1. The van der Waals surface area contributed by atoms with Crippen LogP contribution in [0.5, 0.6) is 0 Å². The second-order valence-electron chi connectivity index (χ2n) is 9.88. The van der Waals surface area contributed by atoms with E-state index in [4.69, 9.17) is 4.74 Å². The summed E-state index contributed by atoms with van der Waals surface area (Å²) in [5, 5.41) is 13.3. The van der Waals surface area contributed by atoms with E-state index in [0.717, 1.165) is 29.4 Å². The van der Waals surface area contributed by atoms with Gasteiger partial charge >= 0.3 is 12.3 Å². The van der Waals surface area contributed by atoms with Gasteiger partial charge in [-0.1, -0.05) is 13.8 Å². The first-order valence-corrected chi connectivity index (χ1v) is 12.6. The number of aromatic nitrogens is 3. The first-order chi connectivity index (χ1) is 16.5. The van der Waals surface area contributed by atoms with Crippen LogP contribution >= 0.6 is 0 Å². The third-order valence-electron chi connectivity index (χ3n) is 5.27. The Morgan fingerprint density at radius 3 is 2.28 bits per heavy atom. The fraction of sp³-hybridized carbons (Fsp3) is 0.545. The van der Waals surface area contributed by atoms with Crippen LogP contribution in [0.25, 0.3) is 5.82 Å². The molecule has 2 aromatic heterocycles. The number of nitrogens with one attached hydrogen (secondary N) is 1. The van der Waals surface area contributed by atoms with Crippen LogP contribution in [0.1, 0.15) is 52.3 Å². The van der Waals surface area contributed by atoms with E-state index < -0.39 is 44.0 Å². The number of pyridine rings is 1. The molecular formula is C22H27F3N6O4S. The van der Waals surface area contributed by atoms with Crippen LogP contribution in [0.3, 0.4) is 0 Å². The molecule has 1 fully saturated rings. The van der Waals surface area contributed by atoms with Crippen molar-refractivity contribution in [1.29, 1.82) is 5.26 Å². The van der Waals surface area contributed by atoms with Gasteiger partial charge < -0.3 is 9.64 Å². The highest BCUT2D eigenvalue weighted by molar-refractivity contribution is 7.90. The van der Waals surface area contributed by atoms with Crippen molar-refractivity contribution in [3.05, 3.63) is 29.6 Å². The number of piperidine rings is 1. The second kappa shape index (κ2) is 9.61. The van der Waals surface area contributed by atoms with Gasteiger partial charge in [0.15, 0.2) is 17.3 Å².